The molecule has 9 heteroatoms. The zero-order valence-corrected chi connectivity index (χ0v) is 24.0. The summed E-state index contributed by atoms with van der Waals surface area (Å²) < 4.78 is 39.6. The van der Waals surface area contributed by atoms with Gasteiger partial charge in [0.15, 0.2) is 11.5 Å². The van der Waals surface area contributed by atoms with Crippen LogP contribution in [0.3, 0.4) is 0 Å². The maximum atomic E-state index is 13.9. The van der Waals surface area contributed by atoms with Crippen LogP contribution in [-0.4, -0.2) is 48.2 Å². The molecule has 1 unspecified atom stereocenters. The predicted molar refractivity (Wildman–Crippen MR) is 154 cm³/mol. The highest BCUT2D eigenvalue weighted by molar-refractivity contribution is 7.92. The fraction of sp³-hybridized carbons (Fsp3) is 0.367. The third-order valence-corrected chi connectivity index (χ3v) is 8.74. The van der Waals surface area contributed by atoms with E-state index in [1.807, 2.05) is 39.0 Å². The number of sulfonamides is 1. The number of hydrogen-bond acceptors (Lipinski definition) is 6. The van der Waals surface area contributed by atoms with E-state index in [0.29, 0.717) is 11.4 Å². The number of rotatable bonds is 10. The van der Waals surface area contributed by atoms with Gasteiger partial charge in [-0.25, -0.2) is 8.42 Å². The molecule has 208 valence electrons. The second-order valence-corrected chi connectivity index (χ2v) is 11.8. The van der Waals surface area contributed by atoms with Crippen molar-refractivity contribution in [2.24, 2.45) is 0 Å². The minimum atomic E-state index is -4.12. The number of nitrogens with one attached hydrogen (secondary N) is 1. The average Bonchev–Trinajstić information content (AvgIpc) is 3.46. The summed E-state index contributed by atoms with van der Waals surface area (Å²) in [6.45, 7) is 7.43. The molecule has 4 rings (SSSR count). The van der Waals surface area contributed by atoms with Gasteiger partial charge in [-0.05, 0) is 86.7 Å². The Kier molecular flexibility index (Phi) is 8.70. The third-order valence-electron chi connectivity index (χ3n) is 6.97. The van der Waals surface area contributed by atoms with Gasteiger partial charge in [0.05, 0.1) is 30.8 Å². The lowest BCUT2D eigenvalue weighted by Crippen LogP contribution is -2.41. The van der Waals surface area contributed by atoms with Crippen molar-refractivity contribution in [3.05, 3.63) is 77.4 Å². The first-order chi connectivity index (χ1) is 18.6. The Balaban J connectivity index is 1.59. The van der Waals surface area contributed by atoms with Gasteiger partial charge < -0.3 is 19.7 Å². The highest BCUT2D eigenvalue weighted by atomic mass is 32.2. The molecule has 1 saturated heterocycles. The number of ether oxygens (including phenoxy) is 2. The Hall–Kier alpha value is -3.72. The highest BCUT2D eigenvalue weighted by Gasteiger charge is 2.29. The molecule has 1 aliphatic heterocycles. The molecule has 8 nitrogen and oxygen atoms in total. The lowest BCUT2D eigenvalue weighted by molar-refractivity contribution is -0.120. The maximum Gasteiger partial charge on any atom is 0.264 e. The van der Waals surface area contributed by atoms with Gasteiger partial charge in [-0.3, -0.25) is 9.10 Å². The maximum absolute atomic E-state index is 13.9. The van der Waals surface area contributed by atoms with Crippen LogP contribution in [0.4, 0.5) is 11.4 Å². The number of carbonyl (C=O) groups is 1. The van der Waals surface area contributed by atoms with Crippen molar-refractivity contribution in [3.8, 4) is 11.5 Å². The zero-order chi connectivity index (χ0) is 28.2. The molecule has 1 heterocycles. The molecule has 0 aliphatic carbocycles. The minimum absolute atomic E-state index is 0.00217. The van der Waals surface area contributed by atoms with Gasteiger partial charge in [0.25, 0.3) is 10.0 Å². The number of carbonyl (C=O) groups excluding carboxylic acids is 1. The first kappa shape index (κ1) is 28.3. The lowest BCUT2D eigenvalue weighted by Gasteiger charge is -2.26. The Morgan fingerprint density at radius 3 is 2.13 bits per heavy atom. The Morgan fingerprint density at radius 1 is 0.923 bits per heavy atom. The Labute approximate surface area is 231 Å². The normalized spacial score (nSPS) is 14.1. The number of nitrogens with zero attached hydrogens (tertiary/aromatic N) is 2. The van der Waals surface area contributed by atoms with Crippen molar-refractivity contribution in [3.63, 3.8) is 0 Å². The van der Waals surface area contributed by atoms with Gasteiger partial charge in [-0.2, -0.15) is 0 Å². The molecule has 1 amide bonds. The molecule has 1 aliphatic rings. The second-order valence-electron chi connectivity index (χ2n) is 9.95. The Morgan fingerprint density at radius 2 is 1.54 bits per heavy atom. The predicted octanol–water partition coefficient (Wildman–Crippen LogP) is 4.99. The van der Waals surface area contributed by atoms with Gasteiger partial charge in [0.1, 0.15) is 6.54 Å². The molecule has 1 fully saturated rings. The average molecular weight is 552 g/mol. The molecular formula is C30H37N3O5S. The molecule has 39 heavy (non-hydrogen) atoms. The van der Waals surface area contributed by atoms with Gasteiger partial charge in [0, 0.05) is 24.8 Å². The summed E-state index contributed by atoms with van der Waals surface area (Å²) in [4.78, 5) is 15.6. The number of methoxy groups -OCH3 is 2. The first-order valence-electron chi connectivity index (χ1n) is 13.1. The number of amides is 1. The quantitative estimate of drug-likeness (QED) is 0.382. The van der Waals surface area contributed by atoms with Crippen LogP contribution in [0.1, 0.15) is 42.5 Å². The van der Waals surface area contributed by atoms with Gasteiger partial charge in [0.2, 0.25) is 5.91 Å². The van der Waals surface area contributed by atoms with E-state index in [1.165, 1.54) is 44.9 Å². The largest absolute Gasteiger partial charge is 0.493 e. The molecule has 0 bridgehead atoms. The molecule has 0 saturated carbocycles. The zero-order valence-electron chi connectivity index (χ0n) is 23.2. The van der Waals surface area contributed by atoms with Crippen LogP contribution < -0.4 is 24.0 Å². The molecule has 3 aromatic rings. The van der Waals surface area contributed by atoms with E-state index < -0.39 is 15.9 Å². The summed E-state index contributed by atoms with van der Waals surface area (Å²) in [5.74, 6) is 0.292. The minimum Gasteiger partial charge on any atom is -0.493 e. The van der Waals surface area contributed by atoms with Crippen LogP contribution in [0, 0.1) is 13.8 Å². The summed E-state index contributed by atoms with van der Waals surface area (Å²) in [6, 6.07) is 17.8. The fourth-order valence-corrected chi connectivity index (χ4v) is 6.38. The van der Waals surface area contributed by atoms with Crippen molar-refractivity contribution < 1.29 is 22.7 Å². The SMILES string of the molecule is COc1ccc(S(=O)(=O)N(CC(=O)NC(C)c2ccc(N3CCCC3)cc2)c2cc(C)cc(C)c2)cc1OC. The van der Waals surface area contributed by atoms with E-state index >= 15 is 0 Å². The van der Waals surface area contributed by atoms with Crippen LogP contribution in [0.15, 0.2) is 65.6 Å². The van der Waals surface area contributed by atoms with Crippen molar-refractivity contribution >= 4 is 27.3 Å². The first-order valence-corrected chi connectivity index (χ1v) is 14.5. The lowest BCUT2D eigenvalue weighted by atomic mass is 10.1. The van der Waals surface area contributed by atoms with Gasteiger partial charge >= 0.3 is 0 Å². The fourth-order valence-electron chi connectivity index (χ4n) is 4.96. The molecule has 0 aromatic heterocycles. The number of hydrogen-bond donors (Lipinski definition) is 1. The summed E-state index contributed by atoms with van der Waals surface area (Å²) in [7, 11) is -1.19. The van der Waals surface area contributed by atoms with Crippen LogP contribution in [0.25, 0.3) is 0 Å². The number of benzene rings is 3. The second kappa shape index (κ2) is 12.0. The number of aryl methyl sites for hydroxylation is 2. The van der Waals surface area contributed by atoms with Crippen molar-refractivity contribution in [1.82, 2.24) is 5.32 Å². The van der Waals surface area contributed by atoms with E-state index in [2.05, 4.69) is 22.3 Å². The highest BCUT2D eigenvalue weighted by Crippen LogP contribution is 2.33. The van der Waals surface area contributed by atoms with Crippen LogP contribution in [0.5, 0.6) is 11.5 Å². The molecule has 1 N–H and O–H groups in total. The third kappa shape index (κ3) is 6.47. The molecule has 3 aromatic carbocycles. The van der Waals surface area contributed by atoms with Crippen molar-refractivity contribution in [1.29, 1.82) is 0 Å². The van der Waals surface area contributed by atoms with E-state index in [1.54, 1.807) is 18.2 Å². The summed E-state index contributed by atoms with van der Waals surface area (Å²) in [5, 5.41) is 2.98. The van der Waals surface area contributed by atoms with E-state index in [4.69, 9.17) is 9.47 Å². The molecular weight excluding hydrogens is 514 g/mol. The van der Waals surface area contributed by atoms with E-state index in [-0.39, 0.29) is 23.2 Å². The van der Waals surface area contributed by atoms with E-state index in [0.717, 1.165) is 34.1 Å². The monoisotopic (exact) mass is 551 g/mol. The smallest absolute Gasteiger partial charge is 0.264 e. The summed E-state index contributed by atoms with van der Waals surface area (Å²) in [5.41, 5.74) is 4.33. The summed E-state index contributed by atoms with van der Waals surface area (Å²) >= 11 is 0. The standard InChI is InChI=1S/C30H37N3O5S/c1-21-16-22(2)18-26(17-21)33(39(35,36)27-12-13-28(37-4)29(19-27)38-5)20-30(34)31-23(3)24-8-10-25(11-9-24)32-14-6-7-15-32/h8-13,16-19,23H,6-7,14-15,20H2,1-5H3,(H,31,34). The number of anilines is 2. The van der Waals surface area contributed by atoms with Crippen LogP contribution >= 0.6 is 0 Å². The van der Waals surface area contributed by atoms with Crippen LogP contribution in [-0.2, 0) is 14.8 Å². The van der Waals surface area contributed by atoms with Gasteiger partial charge in [-0.15, -0.1) is 0 Å². The molecule has 1 atom stereocenters. The summed E-state index contributed by atoms with van der Waals surface area (Å²) in [6.07, 6.45) is 2.41. The van der Waals surface area contributed by atoms with Gasteiger partial charge in [-0.1, -0.05) is 18.2 Å². The van der Waals surface area contributed by atoms with Crippen molar-refractivity contribution in [2.75, 3.05) is 43.1 Å². The Bertz CT molecular complexity index is 1400. The molecule has 0 spiro atoms. The van der Waals surface area contributed by atoms with Crippen molar-refractivity contribution in [2.45, 2.75) is 44.6 Å². The molecule has 0 radical (unpaired) electrons. The van der Waals surface area contributed by atoms with Crippen LogP contribution in [0.2, 0.25) is 0 Å². The topological polar surface area (TPSA) is 88.2 Å². The van der Waals surface area contributed by atoms with E-state index in [9.17, 15) is 13.2 Å².